The monoisotopic (exact) mass is 1390 g/mol. The molecule has 15 rings (SSSR count). The smallest absolute Gasteiger partial charge is 0.0579 e. The Morgan fingerprint density at radius 3 is 1.48 bits per heavy atom. The number of pyridine rings is 1. The van der Waals surface area contributed by atoms with Gasteiger partial charge in [-0.15, -0.1) is 0 Å². The topological polar surface area (TPSA) is 38.5 Å². The molecule has 13 aromatic rings. The Bertz CT molecular complexity index is 5000. The van der Waals surface area contributed by atoms with Gasteiger partial charge in [0.1, 0.15) is 0 Å². The maximum atomic E-state index is 7.64. The van der Waals surface area contributed by atoms with Crippen molar-refractivity contribution in [2.24, 2.45) is 0 Å². The second kappa shape index (κ2) is 22.8. The first-order valence-corrected chi connectivity index (χ1v) is 33.5. The SMILES string of the molecule is Cc1cc(N2c3ccc(C(C)(C)C)cc3C3(c4ccccc4N(c4ccccc4)c4ccccc43)c3cc(C(C)(C)C)c(Oc4cccc(-n5[c](=[Pt])n(-c6c(-c7ccccc7)cccc6-c6ccccc6)c6ccccc65)c4)cc32)ncc1-c1ccc(C(C)(C)C)cc1. The van der Waals surface area contributed by atoms with Crippen LogP contribution in [-0.2, 0) is 41.0 Å². The molecule has 0 bridgehead atoms. The first kappa shape index (κ1) is 59.4. The summed E-state index contributed by atoms with van der Waals surface area (Å²) in [6, 6.07) is 98.0. The van der Waals surface area contributed by atoms with Crippen molar-refractivity contribution in [1.29, 1.82) is 0 Å². The number of aryl methyl sites for hydroxylation is 1. The van der Waals surface area contributed by atoms with E-state index in [2.05, 4.69) is 381 Å². The summed E-state index contributed by atoms with van der Waals surface area (Å²) in [4.78, 5) is 10.4. The summed E-state index contributed by atoms with van der Waals surface area (Å²) in [5.41, 5.74) is 24.7. The normalized spacial score (nSPS) is 13.4. The fourth-order valence-electron chi connectivity index (χ4n) is 14.4. The van der Waals surface area contributed by atoms with E-state index >= 15 is 0 Å². The minimum Gasteiger partial charge on any atom is -0.0579 e. The van der Waals surface area contributed by atoms with Crippen molar-refractivity contribution in [2.45, 2.75) is 90.9 Å². The Morgan fingerprint density at radius 1 is 0.387 bits per heavy atom. The average Bonchev–Trinajstić information content (AvgIpc) is 0.882. The van der Waals surface area contributed by atoms with E-state index in [0.29, 0.717) is 0 Å². The molecular weight excluding hydrogens is 1310 g/mol. The summed E-state index contributed by atoms with van der Waals surface area (Å²) in [7, 11) is 0. The van der Waals surface area contributed by atoms with Crippen molar-refractivity contribution in [1.82, 2.24) is 14.1 Å². The zero-order chi connectivity index (χ0) is 64.1. The van der Waals surface area contributed by atoms with Crippen LogP contribution in [0.2, 0.25) is 0 Å². The average molecular weight is 1390 g/mol. The molecule has 4 heterocycles. The van der Waals surface area contributed by atoms with Crippen LogP contribution in [0, 0.1) is 10.7 Å². The molecule has 460 valence electrons. The van der Waals surface area contributed by atoms with E-state index < -0.39 is 10.8 Å². The van der Waals surface area contributed by atoms with Crippen molar-refractivity contribution < 1.29 is 24.1 Å². The van der Waals surface area contributed by atoms with Crippen LogP contribution in [0.5, 0.6) is 11.5 Å². The van der Waals surface area contributed by atoms with Crippen LogP contribution in [0.25, 0.3) is 55.8 Å². The molecule has 11 aromatic carbocycles. The number of hydrogen-bond donors (Lipinski definition) is 0. The van der Waals surface area contributed by atoms with E-state index in [-0.39, 0.29) is 10.8 Å². The number of ether oxygens (including phenoxy) is 1. The standard InChI is InChI=1S/C86H75N5O.Pt/c1-57-50-81(87-55-68(57)60-44-46-61(47-45-60)83(2,3)4)91-76-49-48-62(84(5,6)7)51-71(76)86(69-38-20-22-40-74(69)90(63-32-18-13-19-33-63)75-41-23-21-39-70(75)86)72-53-73(85(8,9)10)80(54-79(72)91)92-65-35-26-34-64(52-65)88-56-89(78-43-25-24-42-77(78)88)82-66(58-28-14-11-15-29-58)36-27-37-67(82)59-30-16-12-17-31-59;/h11-55H,1-10H3;. The fourth-order valence-corrected chi connectivity index (χ4v) is 15.5. The Hall–Kier alpha value is -9.87. The van der Waals surface area contributed by atoms with Gasteiger partial charge in [-0.3, -0.25) is 0 Å². The molecule has 2 aliphatic heterocycles. The first-order chi connectivity index (χ1) is 44.9. The van der Waals surface area contributed by atoms with Crippen LogP contribution >= 0.6 is 0 Å². The Balaban J connectivity index is 0.966. The molecule has 7 heteroatoms. The van der Waals surface area contributed by atoms with Gasteiger partial charge in [-0.2, -0.15) is 0 Å². The van der Waals surface area contributed by atoms with E-state index in [0.717, 1.165) is 122 Å². The third kappa shape index (κ3) is 10.0. The molecule has 93 heavy (non-hydrogen) atoms. The van der Waals surface area contributed by atoms with Crippen molar-refractivity contribution >= 4 is 45.3 Å². The number of para-hydroxylation sites is 6. The molecule has 0 radical (unpaired) electrons. The summed E-state index contributed by atoms with van der Waals surface area (Å²) >= 11 is 2.54. The van der Waals surface area contributed by atoms with E-state index in [1.807, 2.05) is 0 Å². The van der Waals surface area contributed by atoms with Crippen LogP contribution in [0.1, 0.15) is 107 Å². The summed E-state index contributed by atoms with van der Waals surface area (Å²) in [5, 5.41) is 0. The molecule has 0 N–H and O–H groups in total. The quantitative estimate of drug-likeness (QED) is 0.144. The Kier molecular flexibility index (Phi) is 14.5. The molecule has 0 atom stereocenters. The first-order valence-electron chi connectivity index (χ1n) is 32.3. The summed E-state index contributed by atoms with van der Waals surface area (Å²) < 4.78 is 13.5. The third-order valence-electron chi connectivity index (χ3n) is 19.0. The van der Waals surface area contributed by atoms with Gasteiger partial charge in [-0.05, 0) is 64.3 Å². The van der Waals surface area contributed by atoms with E-state index in [1.54, 1.807) is 0 Å². The van der Waals surface area contributed by atoms with E-state index in [1.165, 1.54) is 27.8 Å². The van der Waals surface area contributed by atoms with Crippen LogP contribution in [0.3, 0.4) is 0 Å². The Morgan fingerprint density at radius 2 is 0.892 bits per heavy atom. The van der Waals surface area contributed by atoms with Crippen LogP contribution < -0.4 is 14.5 Å². The molecule has 0 unspecified atom stereocenters. The predicted octanol–water partition coefficient (Wildman–Crippen LogP) is 22.8. The molecular formula is C86H75N5OPt. The van der Waals surface area contributed by atoms with Gasteiger partial charge in [0.05, 0.1) is 11.4 Å². The molecule has 0 saturated carbocycles. The number of benzene rings is 11. The van der Waals surface area contributed by atoms with Gasteiger partial charge in [0.15, 0.2) is 0 Å². The zero-order valence-electron chi connectivity index (χ0n) is 54.4. The van der Waals surface area contributed by atoms with Crippen molar-refractivity contribution in [2.75, 3.05) is 9.80 Å². The summed E-state index contributed by atoms with van der Waals surface area (Å²) in [6.07, 6.45) is 2.08. The molecule has 0 saturated heterocycles. The van der Waals surface area contributed by atoms with E-state index in [9.17, 15) is 0 Å². The number of hydrogen-bond acceptors (Lipinski definition) is 4. The van der Waals surface area contributed by atoms with Crippen LogP contribution in [0.15, 0.2) is 273 Å². The number of aromatic nitrogens is 3. The summed E-state index contributed by atoms with van der Waals surface area (Å²) in [6.45, 7) is 23.0. The van der Waals surface area contributed by atoms with Crippen LogP contribution in [-0.4, -0.2) is 14.1 Å². The minimum absolute atomic E-state index is 0.0375. The molecule has 2 aromatic heterocycles. The van der Waals surface area contributed by atoms with E-state index in [4.69, 9.17) is 9.72 Å². The van der Waals surface area contributed by atoms with Gasteiger partial charge in [0, 0.05) is 17.4 Å². The fraction of sp³-hybridized carbons (Fsp3) is 0.163. The zero-order valence-corrected chi connectivity index (χ0v) is 56.7. The second-order valence-electron chi connectivity index (χ2n) is 28.0. The van der Waals surface area contributed by atoms with Gasteiger partial charge in [-0.25, -0.2) is 0 Å². The second-order valence-corrected chi connectivity index (χ2v) is 29.0. The Labute approximate surface area is 558 Å². The maximum absolute atomic E-state index is 7.64. The minimum atomic E-state index is -0.829. The van der Waals surface area contributed by atoms with Gasteiger partial charge in [-0.1, -0.05) is 133 Å². The van der Waals surface area contributed by atoms with Crippen molar-refractivity contribution in [3.05, 3.63) is 321 Å². The molecule has 0 fully saturated rings. The van der Waals surface area contributed by atoms with Gasteiger partial charge in [0.2, 0.25) is 0 Å². The molecule has 1 spiro atoms. The summed E-state index contributed by atoms with van der Waals surface area (Å²) in [5.74, 6) is 2.33. The molecule has 0 aliphatic carbocycles. The van der Waals surface area contributed by atoms with Crippen molar-refractivity contribution in [3.63, 3.8) is 0 Å². The predicted molar refractivity (Wildman–Crippen MR) is 382 cm³/mol. The number of fused-ring (bicyclic) bond motifs is 9. The van der Waals surface area contributed by atoms with Gasteiger partial charge < -0.3 is 4.90 Å². The number of nitrogens with zero attached hydrogens (tertiary/aromatic N) is 5. The third-order valence-corrected chi connectivity index (χ3v) is 20.0. The van der Waals surface area contributed by atoms with Crippen LogP contribution in [0.4, 0.5) is 34.3 Å². The van der Waals surface area contributed by atoms with Gasteiger partial charge in [0.25, 0.3) is 0 Å². The molecule has 0 amide bonds. The molecule has 6 nitrogen and oxygen atoms in total. The van der Waals surface area contributed by atoms with Crippen molar-refractivity contribution in [3.8, 4) is 56.3 Å². The van der Waals surface area contributed by atoms with Gasteiger partial charge >= 0.3 is 331 Å². The number of anilines is 6. The molecule has 2 aliphatic rings. The number of imidazole rings is 1. The number of rotatable bonds is 9.